The van der Waals surface area contributed by atoms with E-state index in [1.165, 1.54) is 12.8 Å². The number of hydrogen-bond donors (Lipinski definition) is 0. The Bertz CT molecular complexity index is 284. The van der Waals surface area contributed by atoms with E-state index in [9.17, 15) is 0 Å². The van der Waals surface area contributed by atoms with Gasteiger partial charge in [-0.05, 0) is 25.0 Å². The first-order valence-corrected chi connectivity index (χ1v) is 5.96. The van der Waals surface area contributed by atoms with Crippen molar-refractivity contribution in [1.82, 2.24) is 4.98 Å². The van der Waals surface area contributed by atoms with Crippen LogP contribution in [-0.2, 0) is 5.88 Å². The molecule has 15 heavy (non-hydrogen) atoms. The number of rotatable bonds is 5. The molecule has 0 saturated heterocycles. The second kappa shape index (κ2) is 5.96. The van der Waals surface area contributed by atoms with Crippen LogP contribution in [0.2, 0.25) is 0 Å². The maximum Gasteiger partial charge on any atom is 0.128 e. The summed E-state index contributed by atoms with van der Waals surface area (Å²) in [7, 11) is 2.09. The predicted octanol–water partition coefficient (Wildman–Crippen LogP) is 3.45. The lowest BCUT2D eigenvalue weighted by atomic mass is 10.2. The Kier molecular flexibility index (Phi) is 4.89. The van der Waals surface area contributed by atoms with E-state index in [1.54, 1.807) is 0 Å². The zero-order valence-corrected chi connectivity index (χ0v) is 10.5. The first kappa shape index (κ1) is 12.3. The lowest BCUT2D eigenvalue weighted by molar-refractivity contribution is 0.611. The van der Waals surface area contributed by atoms with Gasteiger partial charge >= 0.3 is 0 Å². The highest BCUT2D eigenvalue weighted by Gasteiger charge is 2.09. The van der Waals surface area contributed by atoms with Gasteiger partial charge in [0.2, 0.25) is 0 Å². The molecule has 1 unspecified atom stereocenters. The molecule has 0 saturated carbocycles. The molecule has 0 N–H and O–H groups in total. The second-order valence-electron chi connectivity index (χ2n) is 3.91. The molecule has 0 aliphatic rings. The van der Waals surface area contributed by atoms with Gasteiger partial charge in [0.15, 0.2) is 0 Å². The van der Waals surface area contributed by atoms with Gasteiger partial charge in [-0.1, -0.05) is 19.4 Å². The summed E-state index contributed by atoms with van der Waals surface area (Å²) in [6.07, 6.45) is 4.23. The molecule has 1 heterocycles. The first-order chi connectivity index (χ1) is 7.19. The van der Waals surface area contributed by atoms with Crippen molar-refractivity contribution in [3.05, 3.63) is 23.9 Å². The Morgan fingerprint density at radius 1 is 1.47 bits per heavy atom. The van der Waals surface area contributed by atoms with E-state index in [-0.39, 0.29) is 0 Å². The zero-order chi connectivity index (χ0) is 11.3. The fraction of sp³-hybridized carbons (Fsp3) is 0.583. The van der Waals surface area contributed by atoms with Crippen LogP contribution in [0.1, 0.15) is 32.3 Å². The average Bonchev–Trinajstić information content (AvgIpc) is 2.28. The molecule has 0 radical (unpaired) electrons. The van der Waals surface area contributed by atoms with E-state index in [1.807, 2.05) is 18.3 Å². The molecule has 1 aromatic heterocycles. The van der Waals surface area contributed by atoms with Crippen molar-refractivity contribution in [1.29, 1.82) is 0 Å². The molecule has 2 nitrogen and oxygen atoms in total. The van der Waals surface area contributed by atoms with Crippen LogP contribution in [0.15, 0.2) is 18.3 Å². The number of alkyl halides is 1. The van der Waals surface area contributed by atoms with Crippen molar-refractivity contribution in [2.45, 2.75) is 38.6 Å². The predicted molar refractivity (Wildman–Crippen MR) is 66.6 cm³/mol. The minimum absolute atomic E-state index is 0.529. The Hall–Kier alpha value is -0.760. The van der Waals surface area contributed by atoms with Crippen LogP contribution in [0.25, 0.3) is 0 Å². The Morgan fingerprint density at radius 2 is 2.20 bits per heavy atom. The highest BCUT2D eigenvalue weighted by atomic mass is 35.5. The van der Waals surface area contributed by atoms with Gasteiger partial charge in [0.1, 0.15) is 5.82 Å². The summed E-state index contributed by atoms with van der Waals surface area (Å²) in [4.78, 5) is 6.60. The van der Waals surface area contributed by atoms with Crippen molar-refractivity contribution in [3.63, 3.8) is 0 Å². The molecule has 1 rings (SSSR count). The van der Waals surface area contributed by atoms with Crippen molar-refractivity contribution < 1.29 is 0 Å². The van der Waals surface area contributed by atoms with E-state index in [0.29, 0.717) is 11.9 Å². The molecule has 0 aromatic carbocycles. The molecule has 1 atom stereocenters. The minimum Gasteiger partial charge on any atom is -0.357 e. The zero-order valence-electron chi connectivity index (χ0n) is 9.70. The summed E-state index contributed by atoms with van der Waals surface area (Å²) in [6.45, 7) is 4.43. The third-order valence-corrected chi connectivity index (χ3v) is 3.00. The summed E-state index contributed by atoms with van der Waals surface area (Å²) < 4.78 is 0. The van der Waals surface area contributed by atoms with E-state index < -0.39 is 0 Å². The van der Waals surface area contributed by atoms with E-state index in [2.05, 4.69) is 30.8 Å². The minimum atomic E-state index is 0.529. The molecule has 0 spiro atoms. The maximum atomic E-state index is 5.72. The highest BCUT2D eigenvalue weighted by molar-refractivity contribution is 6.17. The van der Waals surface area contributed by atoms with Crippen LogP contribution in [0, 0.1) is 0 Å². The molecule has 1 aromatic rings. The standard InChI is InChI=1S/C12H19ClN2/c1-4-5-10(2)15(3)12-7-6-11(8-13)9-14-12/h6-7,9-10H,4-5,8H2,1-3H3. The number of pyridine rings is 1. The average molecular weight is 227 g/mol. The van der Waals surface area contributed by atoms with Crippen molar-refractivity contribution in [2.75, 3.05) is 11.9 Å². The van der Waals surface area contributed by atoms with Crippen LogP contribution < -0.4 is 4.90 Å². The normalized spacial score (nSPS) is 12.5. The third-order valence-electron chi connectivity index (χ3n) is 2.69. The van der Waals surface area contributed by atoms with Gasteiger partial charge in [-0.15, -0.1) is 11.6 Å². The van der Waals surface area contributed by atoms with Crippen LogP contribution in [-0.4, -0.2) is 18.1 Å². The smallest absolute Gasteiger partial charge is 0.128 e. The van der Waals surface area contributed by atoms with Gasteiger partial charge in [0.25, 0.3) is 0 Å². The number of anilines is 1. The molecular weight excluding hydrogens is 208 g/mol. The number of halogens is 1. The second-order valence-corrected chi connectivity index (χ2v) is 4.17. The van der Waals surface area contributed by atoms with Crippen LogP contribution >= 0.6 is 11.6 Å². The molecule has 84 valence electrons. The Balaban J connectivity index is 2.69. The van der Waals surface area contributed by atoms with Gasteiger partial charge in [0, 0.05) is 25.2 Å². The maximum absolute atomic E-state index is 5.72. The largest absolute Gasteiger partial charge is 0.357 e. The van der Waals surface area contributed by atoms with E-state index >= 15 is 0 Å². The topological polar surface area (TPSA) is 16.1 Å². The molecule has 3 heteroatoms. The molecule has 0 aliphatic carbocycles. The molecule has 0 amide bonds. The Morgan fingerprint density at radius 3 is 2.67 bits per heavy atom. The van der Waals surface area contributed by atoms with Gasteiger partial charge < -0.3 is 4.90 Å². The van der Waals surface area contributed by atoms with Gasteiger partial charge in [-0.25, -0.2) is 4.98 Å². The summed E-state index contributed by atoms with van der Waals surface area (Å²) in [5.74, 6) is 1.55. The van der Waals surface area contributed by atoms with Crippen molar-refractivity contribution in [3.8, 4) is 0 Å². The SMILES string of the molecule is CCCC(C)N(C)c1ccc(CCl)cn1. The van der Waals surface area contributed by atoms with Crippen LogP contribution in [0.4, 0.5) is 5.82 Å². The quantitative estimate of drug-likeness (QED) is 0.715. The summed E-state index contributed by atoms with van der Waals surface area (Å²) >= 11 is 5.72. The number of nitrogens with zero attached hydrogens (tertiary/aromatic N) is 2. The molecule has 0 bridgehead atoms. The lowest BCUT2D eigenvalue weighted by Gasteiger charge is -2.25. The fourth-order valence-corrected chi connectivity index (χ4v) is 1.70. The molecule has 0 aliphatic heterocycles. The van der Waals surface area contributed by atoms with E-state index in [0.717, 1.165) is 11.4 Å². The van der Waals surface area contributed by atoms with E-state index in [4.69, 9.17) is 11.6 Å². The van der Waals surface area contributed by atoms with Gasteiger partial charge in [-0.3, -0.25) is 0 Å². The summed E-state index contributed by atoms with van der Waals surface area (Å²) in [6, 6.07) is 4.60. The third kappa shape index (κ3) is 3.38. The monoisotopic (exact) mass is 226 g/mol. The fourth-order valence-electron chi connectivity index (χ4n) is 1.54. The highest BCUT2D eigenvalue weighted by Crippen LogP contribution is 2.15. The molecule has 0 fully saturated rings. The van der Waals surface area contributed by atoms with Crippen molar-refractivity contribution >= 4 is 17.4 Å². The number of hydrogen-bond acceptors (Lipinski definition) is 2. The summed E-state index contributed by atoms with van der Waals surface area (Å²) in [5.41, 5.74) is 1.07. The summed E-state index contributed by atoms with van der Waals surface area (Å²) in [5, 5.41) is 0. The first-order valence-electron chi connectivity index (χ1n) is 5.42. The van der Waals surface area contributed by atoms with Gasteiger partial charge in [0.05, 0.1) is 0 Å². The Labute approximate surface area is 97.3 Å². The lowest BCUT2D eigenvalue weighted by Crippen LogP contribution is -2.29. The van der Waals surface area contributed by atoms with Crippen LogP contribution in [0.3, 0.4) is 0 Å². The molecular formula is C12H19ClN2. The number of aromatic nitrogens is 1. The van der Waals surface area contributed by atoms with Crippen molar-refractivity contribution in [2.24, 2.45) is 0 Å². The van der Waals surface area contributed by atoms with Gasteiger partial charge in [-0.2, -0.15) is 0 Å². The van der Waals surface area contributed by atoms with Crippen LogP contribution in [0.5, 0.6) is 0 Å².